The molecular formula is C13H11N3O3. The number of nitrogens with two attached hydrogens (primary N) is 1. The predicted octanol–water partition coefficient (Wildman–Crippen LogP) is 1.61. The fourth-order valence-corrected chi connectivity index (χ4v) is 1.46. The van der Waals surface area contributed by atoms with Crippen molar-refractivity contribution < 1.29 is 14.7 Å². The van der Waals surface area contributed by atoms with Crippen LogP contribution in [0.3, 0.4) is 0 Å². The Morgan fingerprint density at radius 1 is 1.16 bits per heavy atom. The third-order valence-electron chi connectivity index (χ3n) is 2.45. The van der Waals surface area contributed by atoms with Crippen LogP contribution in [0.4, 0.5) is 11.4 Å². The molecule has 19 heavy (non-hydrogen) atoms. The molecule has 1 amide bonds. The Hall–Kier alpha value is -2.89. The van der Waals surface area contributed by atoms with Crippen molar-refractivity contribution in [1.29, 1.82) is 0 Å². The number of nitrogens with zero attached hydrogens (tertiary/aromatic N) is 1. The van der Waals surface area contributed by atoms with Crippen LogP contribution in [-0.2, 0) is 0 Å². The number of carboxylic acid groups (broad SMARTS) is 1. The second-order valence-corrected chi connectivity index (χ2v) is 3.78. The highest BCUT2D eigenvalue weighted by atomic mass is 16.4. The molecule has 0 bridgehead atoms. The highest BCUT2D eigenvalue weighted by molar-refractivity contribution is 6.05. The Balaban J connectivity index is 2.16. The molecule has 2 rings (SSSR count). The third-order valence-corrected chi connectivity index (χ3v) is 2.45. The molecule has 0 aliphatic heterocycles. The van der Waals surface area contributed by atoms with E-state index in [9.17, 15) is 9.59 Å². The van der Waals surface area contributed by atoms with E-state index in [4.69, 9.17) is 10.8 Å². The van der Waals surface area contributed by atoms with E-state index in [0.717, 1.165) is 0 Å². The van der Waals surface area contributed by atoms with Crippen LogP contribution in [0, 0.1) is 0 Å². The van der Waals surface area contributed by atoms with Crippen LogP contribution in [0.2, 0.25) is 0 Å². The minimum atomic E-state index is -1.14. The summed E-state index contributed by atoms with van der Waals surface area (Å²) in [5.41, 5.74) is 6.79. The Bertz CT molecular complexity index is 623. The first-order chi connectivity index (χ1) is 9.08. The Morgan fingerprint density at radius 2 is 1.89 bits per heavy atom. The lowest BCUT2D eigenvalue weighted by atomic mass is 10.2. The molecule has 0 fully saturated rings. The number of aromatic nitrogens is 1. The molecule has 1 aromatic carbocycles. The largest absolute Gasteiger partial charge is 0.477 e. The summed E-state index contributed by atoms with van der Waals surface area (Å²) >= 11 is 0. The molecule has 6 nitrogen and oxygen atoms in total. The van der Waals surface area contributed by atoms with Crippen molar-refractivity contribution in [3.63, 3.8) is 0 Å². The van der Waals surface area contributed by atoms with Crippen molar-refractivity contribution in [3.8, 4) is 0 Å². The topological polar surface area (TPSA) is 105 Å². The molecule has 0 aliphatic carbocycles. The van der Waals surface area contributed by atoms with Crippen molar-refractivity contribution >= 4 is 23.3 Å². The van der Waals surface area contributed by atoms with Crippen LogP contribution in [0.25, 0.3) is 0 Å². The maximum atomic E-state index is 11.9. The average Bonchev–Trinajstić information content (AvgIpc) is 2.41. The van der Waals surface area contributed by atoms with Gasteiger partial charge in [0.15, 0.2) is 0 Å². The summed E-state index contributed by atoms with van der Waals surface area (Å²) < 4.78 is 0. The second-order valence-electron chi connectivity index (χ2n) is 3.78. The highest BCUT2D eigenvalue weighted by Gasteiger charge is 2.10. The number of carbonyl (C=O) groups is 2. The SMILES string of the molecule is Nc1ccccc1NC(=O)c1ccc(C(=O)O)nc1. The van der Waals surface area contributed by atoms with Crippen LogP contribution in [-0.4, -0.2) is 22.0 Å². The molecule has 0 spiro atoms. The molecule has 6 heteroatoms. The van der Waals surface area contributed by atoms with E-state index in [0.29, 0.717) is 11.4 Å². The zero-order valence-electron chi connectivity index (χ0n) is 9.83. The van der Waals surface area contributed by atoms with Gasteiger partial charge in [-0.3, -0.25) is 4.79 Å². The fraction of sp³-hybridized carbons (Fsp3) is 0. The van der Waals surface area contributed by atoms with Crippen molar-refractivity contribution in [2.45, 2.75) is 0 Å². The predicted molar refractivity (Wildman–Crippen MR) is 70.0 cm³/mol. The normalized spacial score (nSPS) is 9.89. The van der Waals surface area contributed by atoms with Crippen molar-refractivity contribution in [2.24, 2.45) is 0 Å². The van der Waals surface area contributed by atoms with Gasteiger partial charge in [0.1, 0.15) is 5.69 Å². The van der Waals surface area contributed by atoms with Gasteiger partial charge < -0.3 is 16.2 Å². The first-order valence-electron chi connectivity index (χ1n) is 5.43. The third kappa shape index (κ3) is 2.86. The molecule has 1 aromatic heterocycles. The summed E-state index contributed by atoms with van der Waals surface area (Å²) in [6.07, 6.45) is 1.21. The van der Waals surface area contributed by atoms with Gasteiger partial charge in [-0.1, -0.05) is 12.1 Å². The summed E-state index contributed by atoms with van der Waals surface area (Å²) in [6.45, 7) is 0. The number of nitrogen functional groups attached to an aromatic ring is 1. The number of carbonyl (C=O) groups excluding carboxylic acids is 1. The molecule has 0 unspecified atom stereocenters. The summed E-state index contributed by atoms with van der Waals surface area (Å²) in [4.78, 5) is 26.2. The van der Waals surface area contributed by atoms with E-state index in [1.165, 1.54) is 18.3 Å². The van der Waals surface area contributed by atoms with Gasteiger partial charge >= 0.3 is 5.97 Å². The monoisotopic (exact) mass is 257 g/mol. The molecule has 2 aromatic rings. The quantitative estimate of drug-likeness (QED) is 0.724. The van der Waals surface area contributed by atoms with Gasteiger partial charge in [0, 0.05) is 6.20 Å². The summed E-state index contributed by atoms with van der Waals surface area (Å²) in [5.74, 6) is -1.54. The molecule has 0 aliphatic rings. The van der Waals surface area contributed by atoms with E-state index in [-0.39, 0.29) is 11.3 Å². The lowest BCUT2D eigenvalue weighted by molar-refractivity contribution is 0.0690. The first kappa shape index (κ1) is 12.6. The maximum Gasteiger partial charge on any atom is 0.354 e. The summed E-state index contributed by atoms with van der Waals surface area (Å²) in [5, 5.41) is 11.3. The second kappa shape index (κ2) is 5.18. The summed E-state index contributed by atoms with van der Waals surface area (Å²) in [6, 6.07) is 9.51. The minimum Gasteiger partial charge on any atom is -0.477 e. The number of pyridine rings is 1. The van der Waals surface area contributed by atoms with Gasteiger partial charge in [0.25, 0.3) is 5.91 Å². The van der Waals surface area contributed by atoms with E-state index in [1.807, 2.05) is 0 Å². The van der Waals surface area contributed by atoms with Gasteiger partial charge in [-0.25, -0.2) is 9.78 Å². The number of hydrogen-bond donors (Lipinski definition) is 3. The molecule has 0 atom stereocenters. The molecule has 4 N–H and O–H groups in total. The Kier molecular flexibility index (Phi) is 3.42. The lowest BCUT2D eigenvalue weighted by Crippen LogP contribution is -2.14. The van der Waals surface area contributed by atoms with Gasteiger partial charge in [0.05, 0.1) is 16.9 Å². The highest BCUT2D eigenvalue weighted by Crippen LogP contribution is 2.17. The van der Waals surface area contributed by atoms with Gasteiger partial charge in [-0.2, -0.15) is 0 Å². The number of benzene rings is 1. The molecule has 0 saturated carbocycles. The number of anilines is 2. The standard InChI is InChI=1S/C13H11N3O3/c14-9-3-1-2-4-10(9)16-12(17)8-5-6-11(13(18)19)15-7-8/h1-7H,14H2,(H,16,17)(H,18,19). The zero-order valence-corrected chi connectivity index (χ0v) is 9.83. The summed E-state index contributed by atoms with van der Waals surface area (Å²) in [7, 11) is 0. The lowest BCUT2D eigenvalue weighted by Gasteiger charge is -2.07. The number of hydrogen-bond acceptors (Lipinski definition) is 4. The smallest absolute Gasteiger partial charge is 0.354 e. The maximum absolute atomic E-state index is 11.9. The molecular weight excluding hydrogens is 246 g/mol. The number of aromatic carboxylic acids is 1. The van der Waals surface area contributed by atoms with E-state index >= 15 is 0 Å². The number of para-hydroxylation sites is 2. The van der Waals surface area contributed by atoms with Crippen molar-refractivity contribution in [2.75, 3.05) is 11.1 Å². The van der Waals surface area contributed by atoms with E-state index in [1.54, 1.807) is 24.3 Å². The molecule has 96 valence electrons. The van der Waals surface area contributed by atoms with Crippen LogP contribution < -0.4 is 11.1 Å². The Morgan fingerprint density at radius 3 is 2.47 bits per heavy atom. The fourth-order valence-electron chi connectivity index (χ4n) is 1.46. The van der Waals surface area contributed by atoms with Gasteiger partial charge in [0.2, 0.25) is 0 Å². The average molecular weight is 257 g/mol. The van der Waals surface area contributed by atoms with E-state index < -0.39 is 11.9 Å². The van der Waals surface area contributed by atoms with Crippen LogP contribution in [0.1, 0.15) is 20.8 Å². The van der Waals surface area contributed by atoms with Crippen LogP contribution in [0.5, 0.6) is 0 Å². The molecule has 1 heterocycles. The first-order valence-corrected chi connectivity index (χ1v) is 5.43. The van der Waals surface area contributed by atoms with E-state index in [2.05, 4.69) is 10.3 Å². The number of rotatable bonds is 3. The number of carboxylic acids is 1. The van der Waals surface area contributed by atoms with Gasteiger partial charge in [-0.15, -0.1) is 0 Å². The van der Waals surface area contributed by atoms with Crippen LogP contribution >= 0.6 is 0 Å². The number of nitrogens with one attached hydrogen (secondary N) is 1. The Labute approximate surface area is 108 Å². The van der Waals surface area contributed by atoms with Gasteiger partial charge in [-0.05, 0) is 24.3 Å². The number of amides is 1. The molecule has 0 saturated heterocycles. The van der Waals surface area contributed by atoms with Crippen molar-refractivity contribution in [1.82, 2.24) is 4.98 Å². The molecule has 0 radical (unpaired) electrons. The minimum absolute atomic E-state index is 0.115. The zero-order chi connectivity index (χ0) is 13.8. The van der Waals surface area contributed by atoms with Crippen LogP contribution in [0.15, 0.2) is 42.6 Å². The van der Waals surface area contributed by atoms with Crippen molar-refractivity contribution in [3.05, 3.63) is 53.9 Å².